The molecule has 96 valence electrons. The molecule has 0 spiro atoms. The number of esters is 1. The molecule has 0 heterocycles. The van der Waals surface area contributed by atoms with E-state index in [0.29, 0.717) is 17.9 Å². The van der Waals surface area contributed by atoms with Gasteiger partial charge in [-0.05, 0) is 38.1 Å². The highest BCUT2D eigenvalue weighted by molar-refractivity contribution is 5.98. The van der Waals surface area contributed by atoms with E-state index in [0.717, 1.165) is 0 Å². The lowest BCUT2D eigenvalue weighted by atomic mass is 10.1. The Morgan fingerprint density at radius 2 is 1.89 bits per heavy atom. The molecule has 0 saturated carbocycles. The number of carbonyl (C=O) groups is 2. The van der Waals surface area contributed by atoms with Crippen LogP contribution >= 0.6 is 0 Å². The molecule has 5 nitrogen and oxygen atoms in total. The highest BCUT2D eigenvalue weighted by atomic mass is 16.5. The van der Waals surface area contributed by atoms with E-state index in [-0.39, 0.29) is 18.0 Å². The van der Waals surface area contributed by atoms with E-state index >= 15 is 0 Å². The van der Waals surface area contributed by atoms with Crippen molar-refractivity contribution in [2.75, 3.05) is 6.61 Å². The molecule has 0 bridgehead atoms. The van der Waals surface area contributed by atoms with Crippen LogP contribution in [-0.4, -0.2) is 24.2 Å². The molecule has 5 heteroatoms. The molecule has 0 aliphatic carbocycles. The summed E-state index contributed by atoms with van der Waals surface area (Å²) in [6.45, 7) is 3.54. The fraction of sp³-hybridized carbons (Fsp3) is 0.308. The zero-order valence-electron chi connectivity index (χ0n) is 10.5. The molecule has 0 atom stereocenters. The van der Waals surface area contributed by atoms with Crippen molar-refractivity contribution >= 4 is 23.3 Å². The highest BCUT2D eigenvalue weighted by Crippen LogP contribution is 2.13. The zero-order valence-corrected chi connectivity index (χ0v) is 10.5. The van der Waals surface area contributed by atoms with Crippen LogP contribution in [0.3, 0.4) is 0 Å². The third kappa shape index (κ3) is 4.37. The van der Waals surface area contributed by atoms with Gasteiger partial charge in [-0.2, -0.15) is 0 Å². The Morgan fingerprint density at radius 3 is 2.39 bits per heavy atom. The predicted molar refractivity (Wildman–Crippen MR) is 69.0 cm³/mol. The van der Waals surface area contributed by atoms with Crippen molar-refractivity contribution in [3.05, 3.63) is 29.8 Å². The van der Waals surface area contributed by atoms with Crippen molar-refractivity contribution in [1.29, 1.82) is 0 Å². The fourth-order valence-corrected chi connectivity index (χ4v) is 1.34. The molecule has 1 rings (SSSR count). The SMILES string of the molecule is CCOC(=O)CC(N)=Nc1ccc(C(C)=O)cc1. The summed E-state index contributed by atoms with van der Waals surface area (Å²) in [7, 11) is 0. The van der Waals surface area contributed by atoms with Crippen LogP contribution in [0.2, 0.25) is 0 Å². The minimum Gasteiger partial charge on any atom is -0.466 e. The number of Topliss-reactive ketones (excluding diaryl/α,β-unsaturated/α-hetero) is 1. The molecule has 0 fully saturated rings. The van der Waals surface area contributed by atoms with Gasteiger partial charge in [0.25, 0.3) is 0 Å². The molecule has 2 N–H and O–H groups in total. The van der Waals surface area contributed by atoms with Crippen molar-refractivity contribution in [2.45, 2.75) is 20.3 Å². The number of carbonyl (C=O) groups excluding carboxylic acids is 2. The Kier molecular flexibility index (Phi) is 5.05. The molecule has 0 amide bonds. The summed E-state index contributed by atoms with van der Waals surface area (Å²) in [6.07, 6.45) is -0.0394. The molecular weight excluding hydrogens is 232 g/mol. The second-order valence-electron chi connectivity index (χ2n) is 3.69. The molecule has 0 unspecified atom stereocenters. The smallest absolute Gasteiger partial charge is 0.313 e. The number of benzene rings is 1. The lowest BCUT2D eigenvalue weighted by Gasteiger charge is -2.02. The van der Waals surface area contributed by atoms with Crippen molar-refractivity contribution in [3.8, 4) is 0 Å². The minimum absolute atomic E-state index is 0.00924. The summed E-state index contributed by atoms with van der Waals surface area (Å²) in [5, 5.41) is 0. The zero-order chi connectivity index (χ0) is 13.5. The van der Waals surface area contributed by atoms with Crippen LogP contribution in [0.15, 0.2) is 29.3 Å². The van der Waals surface area contributed by atoms with Crippen molar-refractivity contribution in [3.63, 3.8) is 0 Å². The van der Waals surface area contributed by atoms with E-state index in [4.69, 9.17) is 10.5 Å². The second-order valence-corrected chi connectivity index (χ2v) is 3.69. The van der Waals surface area contributed by atoms with Gasteiger partial charge in [0.2, 0.25) is 0 Å². The summed E-state index contributed by atoms with van der Waals surface area (Å²) < 4.78 is 4.76. The number of aliphatic imine (C=N–C) groups is 1. The first-order chi connectivity index (χ1) is 8.52. The van der Waals surface area contributed by atoms with Crippen molar-refractivity contribution in [1.82, 2.24) is 0 Å². The summed E-state index contributed by atoms with van der Waals surface area (Å²) in [5.41, 5.74) is 6.83. The number of ether oxygens (including phenoxy) is 1. The molecule has 0 saturated heterocycles. The number of nitrogens with zero attached hydrogens (tertiary/aromatic N) is 1. The quantitative estimate of drug-likeness (QED) is 0.373. The monoisotopic (exact) mass is 248 g/mol. The van der Waals surface area contributed by atoms with E-state index in [1.54, 1.807) is 31.2 Å². The molecule has 18 heavy (non-hydrogen) atoms. The summed E-state index contributed by atoms with van der Waals surface area (Å²) in [5.74, 6) is -0.229. The van der Waals surface area contributed by atoms with Gasteiger partial charge in [0.1, 0.15) is 12.3 Å². The first-order valence-corrected chi connectivity index (χ1v) is 5.62. The van der Waals surface area contributed by atoms with Crippen LogP contribution in [0.25, 0.3) is 0 Å². The predicted octanol–water partition coefficient (Wildman–Crippen LogP) is 1.83. The van der Waals surface area contributed by atoms with Crippen LogP contribution in [0.5, 0.6) is 0 Å². The third-order valence-corrected chi connectivity index (χ3v) is 2.18. The van der Waals surface area contributed by atoms with Crippen LogP contribution in [0, 0.1) is 0 Å². The van der Waals surface area contributed by atoms with E-state index in [1.165, 1.54) is 6.92 Å². The average molecular weight is 248 g/mol. The van der Waals surface area contributed by atoms with Crippen LogP contribution in [0.1, 0.15) is 30.6 Å². The molecular formula is C13H16N2O3. The Balaban J connectivity index is 2.70. The lowest BCUT2D eigenvalue weighted by molar-refractivity contribution is -0.141. The van der Waals surface area contributed by atoms with E-state index in [1.807, 2.05) is 0 Å². The molecule has 0 aliphatic heterocycles. The Morgan fingerprint density at radius 1 is 1.28 bits per heavy atom. The number of rotatable bonds is 5. The lowest BCUT2D eigenvalue weighted by Crippen LogP contribution is -2.18. The van der Waals surface area contributed by atoms with Crippen LogP contribution in [0.4, 0.5) is 5.69 Å². The largest absolute Gasteiger partial charge is 0.466 e. The first kappa shape index (κ1) is 13.9. The molecule has 1 aromatic carbocycles. The highest BCUT2D eigenvalue weighted by Gasteiger charge is 2.05. The fourth-order valence-electron chi connectivity index (χ4n) is 1.34. The number of amidine groups is 1. The van der Waals surface area contributed by atoms with E-state index < -0.39 is 5.97 Å². The molecule has 0 radical (unpaired) electrons. The normalized spacial score (nSPS) is 11.1. The number of hydrogen-bond donors (Lipinski definition) is 1. The average Bonchev–Trinajstić information content (AvgIpc) is 2.29. The van der Waals surface area contributed by atoms with Gasteiger partial charge in [0, 0.05) is 5.56 Å². The van der Waals surface area contributed by atoms with E-state index in [9.17, 15) is 9.59 Å². The Hall–Kier alpha value is -2.17. The first-order valence-electron chi connectivity index (χ1n) is 5.62. The molecule has 0 aliphatic rings. The number of ketones is 1. The van der Waals surface area contributed by atoms with Gasteiger partial charge in [0.05, 0.1) is 12.3 Å². The molecule has 0 aromatic heterocycles. The van der Waals surface area contributed by atoms with Gasteiger partial charge in [-0.15, -0.1) is 0 Å². The minimum atomic E-state index is -0.404. The van der Waals surface area contributed by atoms with Gasteiger partial charge >= 0.3 is 5.97 Å². The van der Waals surface area contributed by atoms with Crippen molar-refractivity contribution in [2.24, 2.45) is 10.7 Å². The maximum Gasteiger partial charge on any atom is 0.313 e. The second kappa shape index (κ2) is 6.54. The third-order valence-electron chi connectivity index (χ3n) is 2.18. The van der Waals surface area contributed by atoms with Crippen LogP contribution in [-0.2, 0) is 9.53 Å². The van der Waals surface area contributed by atoms with Gasteiger partial charge in [-0.3, -0.25) is 9.59 Å². The van der Waals surface area contributed by atoms with E-state index in [2.05, 4.69) is 4.99 Å². The van der Waals surface area contributed by atoms with Gasteiger partial charge in [-0.25, -0.2) is 4.99 Å². The summed E-state index contributed by atoms with van der Waals surface area (Å²) in [4.78, 5) is 26.3. The summed E-state index contributed by atoms with van der Waals surface area (Å²) >= 11 is 0. The number of nitrogens with two attached hydrogens (primary N) is 1. The van der Waals surface area contributed by atoms with Crippen LogP contribution < -0.4 is 5.73 Å². The Bertz CT molecular complexity index is 464. The summed E-state index contributed by atoms with van der Waals surface area (Å²) in [6, 6.07) is 6.68. The Labute approximate surface area is 106 Å². The van der Waals surface area contributed by atoms with Gasteiger partial charge in [-0.1, -0.05) is 0 Å². The topological polar surface area (TPSA) is 81.8 Å². The van der Waals surface area contributed by atoms with Crippen molar-refractivity contribution < 1.29 is 14.3 Å². The molecule has 1 aromatic rings. The maximum absolute atomic E-state index is 11.2. The van der Waals surface area contributed by atoms with Gasteiger partial charge in [0.15, 0.2) is 5.78 Å². The maximum atomic E-state index is 11.2. The number of hydrogen-bond acceptors (Lipinski definition) is 4. The van der Waals surface area contributed by atoms with Gasteiger partial charge < -0.3 is 10.5 Å². The standard InChI is InChI=1S/C13H16N2O3/c1-3-18-13(17)8-12(14)15-11-6-4-10(5-7-11)9(2)16/h4-7H,3,8H2,1-2H3,(H2,14,15).